The van der Waals surface area contributed by atoms with E-state index in [1.165, 1.54) is 0 Å². The normalized spacial score (nSPS) is 13.6. The van der Waals surface area contributed by atoms with Crippen LogP contribution < -0.4 is 0 Å². The molecule has 240 valence electrons. The maximum Gasteiger partial charge on any atom is 0.450 e. The quantitative estimate of drug-likeness (QED) is 0.170. The van der Waals surface area contributed by atoms with Crippen LogP contribution in [0.4, 0.5) is 39.5 Å². The molecule has 0 fully saturated rings. The molecule has 6 nitrogen and oxygen atoms in total. The number of carbonyl (C=O) groups is 6. The van der Waals surface area contributed by atoms with Crippen molar-refractivity contribution in [1.82, 2.24) is 0 Å². The van der Waals surface area contributed by atoms with Crippen LogP contribution >= 0.6 is 0 Å². The molecule has 0 saturated heterocycles. The van der Waals surface area contributed by atoms with Crippen molar-refractivity contribution in [3.8, 4) is 0 Å². The second kappa shape index (κ2) is 20.5. The molecule has 0 aliphatic carbocycles. The Morgan fingerprint density at radius 1 is 0.450 bits per heavy atom. The Hall–Kier alpha value is -1.36. The zero-order valence-electron chi connectivity index (χ0n) is 22.6. The molecule has 0 aromatic heterocycles. The second-order valence-corrected chi connectivity index (χ2v) is 8.40. The standard InChI is InChI=1S/3C8H11F3O2.Er/c3*1-3-4-6(12)5(2)7(13)8(9,10)11;/h3*5H,3-4H2,1-2H3;. The van der Waals surface area contributed by atoms with Gasteiger partial charge >= 0.3 is 18.5 Å². The summed E-state index contributed by atoms with van der Waals surface area (Å²) in [6, 6.07) is 0. The van der Waals surface area contributed by atoms with Gasteiger partial charge in [-0.2, -0.15) is 39.5 Å². The van der Waals surface area contributed by atoms with Crippen molar-refractivity contribution in [2.45, 2.75) is 98.6 Å². The monoisotopic (exact) mass is 754 g/mol. The average Bonchev–Trinajstić information content (AvgIpc) is 2.80. The summed E-state index contributed by atoms with van der Waals surface area (Å²) in [7, 11) is 0. The van der Waals surface area contributed by atoms with Crippen molar-refractivity contribution in [3.63, 3.8) is 0 Å². The van der Waals surface area contributed by atoms with Crippen LogP contribution in [0, 0.1) is 55.1 Å². The molecule has 0 rings (SSSR count). The van der Waals surface area contributed by atoms with Crippen LogP contribution in [0.25, 0.3) is 0 Å². The Morgan fingerprint density at radius 2 is 0.600 bits per heavy atom. The molecule has 0 saturated carbocycles. The van der Waals surface area contributed by atoms with Crippen molar-refractivity contribution in [2.75, 3.05) is 0 Å². The third kappa shape index (κ3) is 18.9. The summed E-state index contributed by atoms with van der Waals surface area (Å²) in [5, 5.41) is 0. The number of rotatable bonds is 12. The summed E-state index contributed by atoms with van der Waals surface area (Å²) in [5.41, 5.74) is 0. The molecule has 0 aromatic carbocycles. The van der Waals surface area contributed by atoms with Crippen LogP contribution in [0.2, 0.25) is 0 Å². The van der Waals surface area contributed by atoms with Crippen molar-refractivity contribution >= 4 is 34.7 Å². The van der Waals surface area contributed by atoms with E-state index in [9.17, 15) is 68.3 Å². The Bertz CT molecular complexity index is 740. The van der Waals surface area contributed by atoms with E-state index in [2.05, 4.69) is 0 Å². The fraction of sp³-hybridized carbons (Fsp3) is 0.750. The Kier molecular flexibility index (Phi) is 23.4. The summed E-state index contributed by atoms with van der Waals surface area (Å²) in [6.45, 7) is 7.99. The molecule has 0 N–H and O–H groups in total. The molecule has 0 amide bonds. The van der Waals surface area contributed by atoms with E-state index in [0.717, 1.165) is 20.8 Å². The summed E-state index contributed by atoms with van der Waals surface area (Å²) in [5.74, 6) is -12.5. The van der Waals surface area contributed by atoms with E-state index >= 15 is 0 Å². The fourth-order valence-corrected chi connectivity index (χ4v) is 2.56. The van der Waals surface area contributed by atoms with E-state index in [0.29, 0.717) is 19.3 Å². The number of ketones is 6. The molecular formula is C24H33ErF9O6. The van der Waals surface area contributed by atoms with Gasteiger partial charge in [-0.05, 0) is 40.0 Å². The summed E-state index contributed by atoms with van der Waals surface area (Å²) >= 11 is 0. The van der Waals surface area contributed by atoms with E-state index in [1.54, 1.807) is 20.8 Å². The van der Waals surface area contributed by atoms with Gasteiger partial charge in [-0.3, -0.25) is 28.8 Å². The zero-order valence-corrected chi connectivity index (χ0v) is 24.5. The zero-order chi connectivity index (χ0) is 31.9. The SMILES string of the molecule is CCCC(=O)C(C)C(=O)C(F)(F)F.CCCC(=O)C(C)C(=O)C(F)(F)F.CCCC(=O)C(C)C(=O)C(F)(F)F.[Er]. The van der Waals surface area contributed by atoms with Gasteiger partial charge in [0, 0.05) is 56.6 Å². The first-order valence-electron chi connectivity index (χ1n) is 11.8. The largest absolute Gasteiger partial charge is 0.450 e. The smallest absolute Gasteiger partial charge is 0.299 e. The van der Waals surface area contributed by atoms with Gasteiger partial charge in [-0.1, -0.05) is 20.8 Å². The second-order valence-electron chi connectivity index (χ2n) is 8.40. The van der Waals surface area contributed by atoms with Crippen molar-refractivity contribution in [1.29, 1.82) is 0 Å². The molecule has 0 heterocycles. The van der Waals surface area contributed by atoms with Crippen LogP contribution in [0.1, 0.15) is 80.1 Å². The van der Waals surface area contributed by atoms with Crippen LogP contribution in [-0.4, -0.2) is 53.2 Å². The van der Waals surface area contributed by atoms with Crippen LogP contribution in [-0.2, 0) is 28.8 Å². The summed E-state index contributed by atoms with van der Waals surface area (Å²) < 4.78 is 106. The minimum Gasteiger partial charge on any atom is -0.299 e. The van der Waals surface area contributed by atoms with Crippen LogP contribution in [0.3, 0.4) is 0 Å². The molecule has 3 atom stereocenters. The van der Waals surface area contributed by atoms with Crippen molar-refractivity contribution in [3.05, 3.63) is 0 Å². The minimum absolute atomic E-state index is 0. The molecule has 40 heavy (non-hydrogen) atoms. The Balaban J connectivity index is -0.000000240. The number of halogens is 9. The molecule has 0 aromatic rings. The summed E-state index contributed by atoms with van der Waals surface area (Å²) in [4.78, 5) is 64.3. The molecule has 3 unspecified atom stereocenters. The van der Waals surface area contributed by atoms with Gasteiger partial charge in [0.25, 0.3) is 0 Å². The van der Waals surface area contributed by atoms with E-state index < -0.39 is 71.0 Å². The third-order valence-corrected chi connectivity index (χ3v) is 4.96. The predicted octanol–water partition coefficient (Wildman–Crippen LogP) is 6.37. The minimum atomic E-state index is -4.90. The number of hydrogen-bond acceptors (Lipinski definition) is 6. The first-order chi connectivity index (χ1) is 17.4. The van der Waals surface area contributed by atoms with Crippen molar-refractivity contribution < 1.29 is 106 Å². The van der Waals surface area contributed by atoms with Crippen LogP contribution in [0.5, 0.6) is 0 Å². The number of hydrogen-bond donors (Lipinski definition) is 0. The average molecular weight is 756 g/mol. The first kappa shape index (κ1) is 45.6. The van der Waals surface area contributed by atoms with Gasteiger partial charge in [0.05, 0.1) is 17.8 Å². The molecule has 0 aliphatic rings. The maximum absolute atomic E-state index is 11.8. The Labute approximate surface area is 255 Å². The van der Waals surface area contributed by atoms with Gasteiger partial charge in [-0.15, -0.1) is 0 Å². The predicted molar refractivity (Wildman–Crippen MR) is 120 cm³/mol. The molecule has 0 radical (unpaired) electrons. The van der Waals surface area contributed by atoms with Gasteiger partial charge in [0.2, 0.25) is 17.3 Å². The molecule has 0 bridgehead atoms. The third-order valence-electron chi connectivity index (χ3n) is 4.96. The van der Waals surface area contributed by atoms with E-state index in [-0.39, 0.29) is 56.6 Å². The molecular weight excluding hydrogens is 723 g/mol. The van der Waals surface area contributed by atoms with Crippen molar-refractivity contribution in [2.24, 2.45) is 17.8 Å². The Morgan fingerprint density at radius 3 is 0.700 bits per heavy atom. The number of carbonyl (C=O) groups excluding carboxylic acids is 6. The maximum atomic E-state index is 11.8. The van der Waals surface area contributed by atoms with Crippen LogP contribution in [0.15, 0.2) is 0 Å². The van der Waals surface area contributed by atoms with E-state index in [4.69, 9.17) is 0 Å². The van der Waals surface area contributed by atoms with Gasteiger partial charge in [-0.25, -0.2) is 0 Å². The topological polar surface area (TPSA) is 102 Å². The number of alkyl halides is 9. The fourth-order valence-electron chi connectivity index (χ4n) is 2.56. The van der Waals surface area contributed by atoms with Gasteiger partial charge in [0.15, 0.2) is 0 Å². The first-order valence-corrected chi connectivity index (χ1v) is 11.8. The molecule has 0 spiro atoms. The number of Topliss-reactive ketones (excluding diaryl/α,β-unsaturated/α-hetero) is 6. The van der Waals surface area contributed by atoms with Gasteiger partial charge in [0.1, 0.15) is 17.3 Å². The van der Waals surface area contributed by atoms with Gasteiger partial charge < -0.3 is 0 Å². The molecule has 0 aliphatic heterocycles. The summed E-state index contributed by atoms with van der Waals surface area (Å²) in [6.07, 6.45) is -13.3. The van der Waals surface area contributed by atoms with E-state index in [1.807, 2.05) is 0 Å². The molecule has 16 heteroatoms.